The van der Waals surface area contributed by atoms with E-state index in [1.165, 1.54) is 5.56 Å². The monoisotopic (exact) mass is 357 g/mol. The second-order valence-corrected chi connectivity index (χ2v) is 6.57. The number of hydrogen-bond donors (Lipinski definition) is 2. The van der Waals surface area contributed by atoms with E-state index < -0.39 is 0 Å². The van der Waals surface area contributed by atoms with Crippen molar-refractivity contribution in [1.82, 2.24) is 5.32 Å². The zero-order chi connectivity index (χ0) is 18.1. The fourth-order valence-corrected chi connectivity index (χ4v) is 3.72. The Bertz CT molecular complexity index is 777. The number of benzene rings is 2. The SMILES string of the molecule is COc1ccc([C@H]2c3cc4c(cc3O[C@H](NCCO)[C@H]2C)OCO4)cc1. The molecule has 0 amide bonds. The predicted molar refractivity (Wildman–Crippen MR) is 96.1 cm³/mol. The van der Waals surface area contributed by atoms with E-state index in [9.17, 15) is 5.11 Å². The van der Waals surface area contributed by atoms with Crippen LogP contribution in [0.4, 0.5) is 0 Å². The quantitative estimate of drug-likeness (QED) is 0.857. The van der Waals surface area contributed by atoms with Gasteiger partial charge in [0.2, 0.25) is 6.79 Å². The van der Waals surface area contributed by atoms with Crippen LogP contribution < -0.4 is 24.3 Å². The first-order chi connectivity index (χ1) is 12.7. The van der Waals surface area contributed by atoms with Gasteiger partial charge < -0.3 is 24.1 Å². The van der Waals surface area contributed by atoms with Gasteiger partial charge in [0.05, 0.1) is 13.7 Å². The first kappa shape index (κ1) is 17.0. The molecule has 0 aliphatic carbocycles. The fourth-order valence-electron chi connectivity index (χ4n) is 3.72. The normalized spacial score (nSPS) is 23.3. The number of aliphatic hydroxyl groups excluding tert-OH is 1. The second-order valence-electron chi connectivity index (χ2n) is 6.57. The number of hydrogen-bond acceptors (Lipinski definition) is 6. The Morgan fingerprint density at radius 2 is 1.85 bits per heavy atom. The number of methoxy groups -OCH3 is 1. The van der Waals surface area contributed by atoms with Crippen LogP contribution >= 0.6 is 0 Å². The molecule has 4 rings (SSSR count). The van der Waals surface area contributed by atoms with Crippen molar-refractivity contribution in [3.63, 3.8) is 0 Å². The lowest BCUT2D eigenvalue weighted by Gasteiger charge is -2.38. The van der Waals surface area contributed by atoms with Crippen molar-refractivity contribution >= 4 is 0 Å². The van der Waals surface area contributed by atoms with Gasteiger partial charge in [0.25, 0.3) is 0 Å². The number of nitrogens with one attached hydrogen (secondary N) is 1. The molecule has 0 bridgehead atoms. The summed E-state index contributed by atoms with van der Waals surface area (Å²) in [6, 6.07) is 12.0. The summed E-state index contributed by atoms with van der Waals surface area (Å²) >= 11 is 0. The molecule has 6 heteroatoms. The van der Waals surface area contributed by atoms with E-state index in [0.29, 0.717) is 12.3 Å². The molecule has 3 atom stereocenters. The summed E-state index contributed by atoms with van der Waals surface area (Å²) in [4.78, 5) is 0. The second kappa shape index (κ2) is 7.05. The van der Waals surface area contributed by atoms with Crippen molar-refractivity contribution < 1.29 is 24.1 Å². The maximum atomic E-state index is 9.18. The van der Waals surface area contributed by atoms with Gasteiger partial charge in [-0.3, -0.25) is 5.32 Å². The van der Waals surface area contributed by atoms with E-state index in [-0.39, 0.29) is 31.5 Å². The van der Waals surface area contributed by atoms with Crippen LogP contribution in [0, 0.1) is 5.92 Å². The third-order valence-electron chi connectivity index (χ3n) is 5.03. The van der Waals surface area contributed by atoms with Crippen molar-refractivity contribution in [3.05, 3.63) is 47.5 Å². The largest absolute Gasteiger partial charge is 0.497 e. The molecule has 2 aliphatic heterocycles. The first-order valence-corrected chi connectivity index (χ1v) is 8.79. The van der Waals surface area contributed by atoms with Gasteiger partial charge in [-0.2, -0.15) is 0 Å². The molecular weight excluding hydrogens is 334 g/mol. The van der Waals surface area contributed by atoms with Gasteiger partial charge >= 0.3 is 0 Å². The zero-order valence-electron chi connectivity index (χ0n) is 14.9. The van der Waals surface area contributed by atoms with Crippen molar-refractivity contribution in [1.29, 1.82) is 0 Å². The summed E-state index contributed by atoms with van der Waals surface area (Å²) in [7, 11) is 1.66. The van der Waals surface area contributed by atoms with E-state index in [1.54, 1.807) is 7.11 Å². The molecule has 2 aromatic carbocycles. The van der Waals surface area contributed by atoms with Crippen LogP contribution in [0.3, 0.4) is 0 Å². The molecule has 0 fully saturated rings. The molecule has 0 unspecified atom stereocenters. The van der Waals surface area contributed by atoms with Crippen LogP contribution in [0.1, 0.15) is 24.0 Å². The predicted octanol–water partition coefficient (Wildman–Crippen LogP) is 2.49. The van der Waals surface area contributed by atoms with Crippen LogP contribution in [0.25, 0.3) is 0 Å². The highest BCUT2D eigenvalue weighted by molar-refractivity contribution is 5.56. The summed E-state index contributed by atoms with van der Waals surface area (Å²) in [5.41, 5.74) is 2.26. The van der Waals surface area contributed by atoms with E-state index >= 15 is 0 Å². The highest BCUT2D eigenvalue weighted by Crippen LogP contribution is 2.48. The van der Waals surface area contributed by atoms with E-state index in [4.69, 9.17) is 18.9 Å². The van der Waals surface area contributed by atoms with Crippen LogP contribution in [0.2, 0.25) is 0 Å². The molecule has 0 saturated heterocycles. The van der Waals surface area contributed by atoms with E-state index in [0.717, 1.165) is 22.8 Å². The highest BCUT2D eigenvalue weighted by Gasteiger charge is 2.37. The molecule has 2 aromatic rings. The Morgan fingerprint density at radius 3 is 2.54 bits per heavy atom. The lowest BCUT2D eigenvalue weighted by Crippen LogP contribution is -2.46. The molecule has 26 heavy (non-hydrogen) atoms. The van der Waals surface area contributed by atoms with Gasteiger partial charge in [-0.05, 0) is 23.8 Å². The molecule has 0 aromatic heterocycles. The summed E-state index contributed by atoms with van der Waals surface area (Å²) < 4.78 is 22.5. The van der Waals surface area contributed by atoms with Gasteiger partial charge in [-0.15, -0.1) is 0 Å². The maximum absolute atomic E-state index is 9.18. The van der Waals surface area contributed by atoms with Gasteiger partial charge in [0.1, 0.15) is 11.5 Å². The van der Waals surface area contributed by atoms with Crippen LogP contribution in [-0.2, 0) is 0 Å². The Morgan fingerprint density at radius 1 is 1.12 bits per heavy atom. The topological polar surface area (TPSA) is 69.2 Å². The lowest BCUT2D eigenvalue weighted by molar-refractivity contribution is 0.0743. The van der Waals surface area contributed by atoms with Gasteiger partial charge in [0.15, 0.2) is 17.7 Å². The van der Waals surface area contributed by atoms with Crippen molar-refractivity contribution in [2.24, 2.45) is 5.92 Å². The average Bonchev–Trinajstić information content (AvgIpc) is 3.12. The number of ether oxygens (including phenoxy) is 4. The minimum Gasteiger partial charge on any atom is -0.497 e. The Balaban J connectivity index is 1.76. The molecule has 2 aliphatic rings. The minimum absolute atomic E-state index is 0.0633. The summed E-state index contributed by atoms with van der Waals surface area (Å²) in [5, 5.41) is 12.5. The third kappa shape index (κ3) is 2.95. The third-order valence-corrected chi connectivity index (χ3v) is 5.03. The summed E-state index contributed by atoms with van der Waals surface area (Å²) in [5.74, 6) is 3.34. The zero-order valence-corrected chi connectivity index (χ0v) is 14.9. The smallest absolute Gasteiger partial charge is 0.231 e. The van der Waals surface area contributed by atoms with Gasteiger partial charge in [-0.25, -0.2) is 0 Å². The number of rotatable bonds is 5. The standard InChI is InChI=1S/C20H23NO5/c1-12-19(13-3-5-14(23-2)6-4-13)15-9-17-18(25-11-24-17)10-16(15)26-20(12)21-7-8-22/h3-6,9-10,12,19-22H,7-8,11H2,1-2H3/t12-,19-,20-/m0/s1. The molecular formula is C20H23NO5. The Hall–Kier alpha value is -2.44. The van der Waals surface area contributed by atoms with Crippen LogP contribution in [0.5, 0.6) is 23.0 Å². The molecule has 2 heterocycles. The van der Waals surface area contributed by atoms with Gasteiger partial charge in [-0.1, -0.05) is 19.1 Å². The van der Waals surface area contributed by atoms with Crippen molar-refractivity contribution in [2.75, 3.05) is 27.1 Å². The first-order valence-electron chi connectivity index (χ1n) is 8.79. The fraction of sp³-hybridized carbons (Fsp3) is 0.400. The molecule has 0 spiro atoms. The maximum Gasteiger partial charge on any atom is 0.231 e. The van der Waals surface area contributed by atoms with E-state index in [1.807, 2.05) is 24.3 Å². The molecule has 138 valence electrons. The van der Waals surface area contributed by atoms with Gasteiger partial charge in [0, 0.05) is 30.0 Å². The molecule has 0 radical (unpaired) electrons. The van der Waals surface area contributed by atoms with E-state index in [2.05, 4.69) is 24.4 Å². The summed E-state index contributed by atoms with van der Waals surface area (Å²) in [6.07, 6.45) is -0.206. The molecule has 0 saturated carbocycles. The molecule has 6 nitrogen and oxygen atoms in total. The summed E-state index contributed by atoms with van der Waals surface area (Å²) in [6.45, 7) is 2.92. The number of fused-ring (bicyclic) bond motifs is 2. The Kier molecular flexibility index (Phi) is 4.61. The highest BCUT2D eigenvalue weighted by atomic mass is 16.7. The van der Waals surface area contributed by atoms with Crippen LogP contribution in [0.15, 0.2) is 36.4 Å². The minimum atomic E-state index is -0.206. The Labute approximate surface area is 152 Å². The van der Waals surface area contributed by atoms with Crippen molar-refractivity contribution in [3.8, 4) is 23.0 Å². The lowest BCUT2D eigenvalue weighted by atomic mass is 9.78. The van der Waals surface area contributed by atoms with Crippen LogP contribution in [-0.4, -0.2) is 38.4 Å². The number of aliphatic hydroxyl groups is 1. The molecule has 2 N–H and O–H groups in total. The van der Waals surface area contributed by atoms with Crippen molar-refractivity contribution in [2.45, 2.75) is 19.1 Å². The average molecular weight is 357 g/mol.